The Hall–Kier alpha value is -1.12. The number of imidazole rings is 1. The number of nitrogens with zero attached hydrogens (tertiary/aromatic N) is 1. The van der Waals surface area contributed by atoms with Crippen molar-refractivity contribution in [2.24, 2.45) is 0 Å². The van der Waals surface area contributed by atoms with Crippen LogP contribution in [0.25, 0.3) is 11.0 Å². The van der Waals surface area contributed by atoms with Crippen LogP contribution in [0.4, 0.5) is 0 Å². The monoisotopic (exact) mass is 282 g/mol. The largest absolute Gasteiger partial charge is 0.394 e. The number of fused-ring (bicyclic) bond motifs is 1. The van der Waals surface area contributed by atoms with Crippen molar-refractivity contribution >= 4 is 22.8 Å². The van der Waals surface area contributed by atoms with E-state index in [1.54, 1.807) is 0 Å². The SMILES string of the molecule is OC[C@@H]1O[C@@H](Sc2nc3ccccc3[nH]2)[C@H](O)[C@H]1O. The maximum absolute atomic E-state index is 9.85. The number of aromatic nitrogens is 2. The summed E-state index contributed by atoms with van der Waals surface area (Å²) < 4.78 is 5.39. The number of thioether (sulfide) groups is 1. The molecule has 1 fully saturated rings. The van der Waals surface area contributed by atoms with Gasteiger partial charge in [-0.1, -0.05) is 23.9 Å². The van der Waals surface area contributed by atoms with Crippen molar-refractivity contribution in [2.45, 2.75) is 28.9 Å². The third kappa shape index (κ3) is 2.35. The maximum Gasteiger partial charge on any atom is 0.168 e. The van der Waals surface area contributed by atoms with Crippen molar-refractivity contribution in [3.63, 3.8) is 0 Å². The molecule has 1 saturated heterocycles. The molecular weight excluding hydrogens is 268 g/mol. The lowest BCUT2D eigenvalue weighted by atomic mass is 10.2. The molecule has 19 heavy (non-hydrogen) atoms. The zero-order valence-electron chi connectivity index (χ0n) is 9.93. The van der Waals surface area contributed by atoms with Crippen molar-refractivity contribution in [1.29, 1.82) is 0 Å². The molecule has 0 radical (unpaired) electrons. The van der Waals surface area contributed by atoms with Crippen LogP contribution in [0.2, 0.25) is 0 Å². The zero-order chi connectivity index (χ0) is 13.4. The fourth-order valence-electron chi connectivity index (χ4n) is 2.06. The number of aliphatic hydroxyl groups excluding tert-OH is 3. The molecule has 1 aliphatic heterocycles. The van der Waals surface area contributed by atoms with E-state index in [1.807, 2.05) is 24.3 Å². The first-order chi connectivity index (χ1) is 9.19. The lowest BCUT2D eigenvalue weighted by molar-refractivity contribution is -0.00810. The Morgan fingerprint density at radius 1 is 1.26 bits per heavy atom. The van der Waals surface area contributed by atoms with Crippen LogP contribution >= 0.6 is 11.8 Å². The summed E-state index contributed by atoms with van der Waals surface area (Å²) in [6.45, 7) is -0.324. The predicted molar refractivity (Wildman–Crippen MR) is 69.7 cm³/mol. The highest BCUT2D eigenvalue weighted by molar-refractivity contribution is 7.99. The summed E-state index contributed by atoms with van der Waals surface area (Å²) in [6, 6.07) is 7.59. The first-order valence-electron chi connectivity index (χ1n) is 5.93. The lowest BCUT2D eigenvalue weighted by Crippen LogP contribution is -2.33. The number of hydrogen-bond acceptors (Lipinski definition) is 6. The number of H-pyrrole nitrogens is 1. The van der Waals surface area contributed by atoms with Gasteiger partial charge in [-0.2, -0.15) is 0 Å². The van der Waals surface area contributed by atoms with Crippen LogP contribution in [-0.2, 0) is 4.74 Å². The van der Waals surface area contributed by atoms with Crippen LogP contribution in [0.15, 0.2) is 29.4 Å². The summed E-state index contributed by atoms with van der Waals surface area (Å²) in [4.78, 5) is 7.47. The average Bonchev–Trinajstić information content (AvgIpc) is 2.94. The van der Waals surface area contributed by atoms with Crippen LogP contribution in [0.1, 0.15) is 0 Å². The van der Waals surface area contributed by atoms with Gasteiger partial charge in [0.25, 0.3) is 0 Å². The highest BCUT2D eigenvalue weighted by atomic mass is 32.2. The van der Waals surface area contributed by atoms with E-state index >= 15 is 0 Å². The molecule has 102 valence electrons. The first kappa shape index (κ1) is 12.9. The van der Waals surface area contributed by atoms with E-state index < -0.39 is 23.7 Å². The van der Waals surface area contributed by atoms with E-state index in [-0.39, 0.29) is 6.61 Å². The van der Waals surface area contributed by atoms with E-state index in [9.17, 15) is 10.2 Å². The van der Waals surface area contributed by atoms with Crippen molar-refractivity contribution in [3.05, 3.63) is 24.3 Å². The molecule has 3 rings (SSSR count). The van der Waals surface area contributed by atoms with Gasteiger partial charge in [0.05, 0.1) is 17.6 Å². The van der Waals surface area contributed by atoms with E-state index in [0.717, 1.165) is 11.0 Å². The molecule has 0 unspecified atom stereocenters. The Kier molecular flexibility index (Phi) is 3.46. The average molecular weight is 282 g/mol. The Morgan fingerprint density at radius 2 is 2.05 bits per heavy atom. The lowest BCUT2D eigenvalue weighted by Gasteiger charge is -2.11. The van der Waals surface area contributed by atoms with Gasteiger partial charge < -0.3 is 25.0 Å². The minimum atomic E-state index is -1.08. The topological polar surface area (TPSA) is 98.6 Å². The third-order valence-corrected chi connectivity index (χ3v) is 4.13. The quantitative estimate of drug-likeness (QED) is 0.637. The van der Waals surface area contributed by atoms with Gasteiger partial charge in [-0.3, -0.25) is 0 Å². The van der Waals surface area contributed by atoms with Crippen LogP contribution in [0.3, 0.4) is 0 Å². The summed E-state index contributed by atoms with van der Waals surface area (Å²) in [6.07, 6.45) is -2.88. The molecule has 7 heteroatoms. The van der Waals surface area contributed by atoms with Crippen LogP contribution < -0.4 is 0 Å². The fraction of sp³-hybridized carbons (Fsp3) is 0.417. The standard InChI is InChI=1S/C12H14N2O4S/c15-5-8-9(16)10(17)11(18-8)19-12-13-6-3-1-2-4-7(6)14-12/h1-4,8-11,15-17H,5H2,(H,13,14)/t8-,9-,10+,11-/m0/s1. The number of hydrogen-bond donors (Lipinski definition) is 4. The Morgan fingerprint density at radius 3 is 2.74 bits per heavy atom. The molecule has 2 aromatic rings. The number of nitrogens with one attached hydrogen (secondary N) is 1. The van der Waals surface area contributed by atoms with Gasteiger partial charge in [-0.15, -0.1) is 0 Å². The van der Waals surface area contributed by atoms with E-state index in [4.69, 9.17) is 9.84 Å². The van der Waals surface area contributed by atoms with Crippen LogP contribution in [0.5, 0.6) is 0 Å². The smallest absolute Gasteiger partial charge is 0.168 e. The van der Waals surface area contributed by atoms with Crippen molar-refractivity contribution in [3.8, 4) is 0 Å². The summed E-state index contributed by atoms with van der Waals surface area (Å²) in [5.41, 5.74) is 1.08. The summed E-state index contributed by atoms with van der Waals surface area (Å²) in [5, 5.41) is 29.1. The first-order valence-corrected chi connectivity index (χ1v) is 6.81. The second kappa shape index (κ2) is 5.10. The summed E-state index contributed by atoms with van der Waals surface area (Å²) in [7, 11) is 0. The number of para-hydroxylation sites is 2. The number of aromatic amines is 1. The molecule has 0 bridgehead atoms. The normalized spacial score (nSPS) is 31.1. The molecule has 1 aromatic heterocycles. The zero-order valence-corrected chi connectivity index (χ0v) is 10.7. The molecule has 2 heterocycles. The highest BCUT2D eigenvalue weighted by Crippen LogP contribution is 2.33. The second-order valence-corrected chi connectivity index (χ2v) is 5.47. The molecule has 4 N–H and O–H groups in total. The number of aliphatic hydroxyl groups is 3. The van der Waals surface area contributed by atoms with Crippen molar-refractivity contribution < 1.29 is 20.1 Å². The molecule has 6 nitrogen and oxygen atoms in total. The van der Waals surface area contributed by atoms with Gasteiger partial charge in [0.1, 0.15) is 23.7 Å². The summed E-state index contributed by atoms with van der Waals surface area (Å²) in [5.74, 6) is 0. The molecule has 0 saturated carbocycles. The highest BCUT2D eigenvalue weighted by Gasteiger charge is 2.43. The fourth-order valence-corrected chi connectivity index (χ4v) is 3.10. The van der Waals surface area contributed by atoms with Gasteiger partial charge >= 0.3 is 0 Å². The predicted octanol–water partition coefficient (Wildman–Crippen LogP) is 0.0940. The van der Waals surface area contributed by atoms with Gasteiger partial charge in [0.15, 0.2) is 5.16 Å². The second-order valence-electron chi connectivity index (χ2n) is 4.38. The van der Waals surface area contributed by atoms with E-state index in [0.29, 0.717) is 5.16 Å². The van der Waals surface area contributed by atoms with Crippen LogP contribution in [-0.4, -0.2) is 55.6 Å². The number of benzene rings is 1. The Balaban J connectivity index is 1.78. The van der Waals surface area contributed by atoms with Crippen molar-refractivity contribution in [1.82, 2.24) is 9.97 Å². The van der Waals surface area contributed by atoms with Crippen molar-refractivity contribution in [2.75, 3.05) is 6.61 Å². The van der Waals surface area contributed by atoms with Gasteiger partial charge in [-0.25, -0.2) is 4.98 Å². The number of ether oxygens (including phenoxy) is 1. The minimum Gasteiger partial charge on any atom is -0.394 e. The molecular formula is C12H14N2O4S. The van der Waals surface area contributed by atoms with Gasteiger partial charge in [0, 0.05) is 0 Å². The molecule has 1 aliphatic rings. The molecule has 0 aliphatic carbocycles. The van der Waals surface area contributed by atoms with Crippen LogP contribution in [0, 0.1) is 0 Å². The molecule has 4 atom stereocenters. The Bertz CT molecular complexity index is 543. The molecule has 0 spiro atoms. The number of rotatable bonds is 3. The molecule has 0 amide bonds. The summed E-state index contributed by atoms with van der Waals surface area (Å²) >= 11 is 1.20. The minimum absolute atomic E-state index is 0.324. The van der Waals surface area contributed by atoms with Gasteiger partial charge in [-0.05, 0) is 12.1 Å². The third-order valence-electron chi connectivity index (χ3n) is 3.09. The Labute approximate surface area is 113 Å². The van der Waals surface area contributed by atoms with E-state index in [2.05, 4.69) is 9.97 Å². The van der Waals surface area contributed by atoms with E-state index in [1.165, 1.54) is 11.8 Å². The maximum atomic E-state index is 9.85. The molecule has 1 aromatic carbocycles. The van der Waals surface area contributed by atoms with Gasteiger partial charge in [0.2, 0.25) is 0 Å².